The van der Waals surface area contributed by atoms with E-state index in [-0.39, 0.29) is 36.0 Å². The van der Waals surface area contributed by atoms with Crippen molar-refractivity contribution in [3.05, 3.63) is 0 Å². The van der Waals surface area contributed by atoms with E-state index in [9.17, 15) is 15.0 Å². The quantitative estimate of drug-likeness (QED) is 0.303. The number of rotatable bonds is 18. The van der Waals surface area contributed by atoms with Crippen molar-refractivity contribution in [1.82, 2.24) is 0 Å². The van der Waals surface area contributed by atoms with Crippen molar-refractivity contribution >= 4 is 5.97 Å². The van der Waals surface area contributed by atoms with Crippen molar-refractivity contribution in [2.45, 2.75) is 122 Å². The third-order valence-corrected chi connectivity index (χ3v) is 4.57. The fraction of sp³-hybridized carbons (Fsp3) is 0.950. The van der Waals surface area contributed by atoms with Crippen LogP contribution in [0, 0.1) is 0 Å². The first kappa shape index (κ1) is 26.7. The first-order chi connectivity index (χ1) is 11.2. The van der Waals surface area contributed by atoms with Crippen LogP contribution in [0.3, 0.4) is 0 Å². The second-order valence-electron chi connectivity index (χ2n) is 6.95. The van der Waals surface area contributed by atoms with Gasteiger partial charge in [-0.15, -0.1) is 0 Å². The van der Waals surface area contributed by atoms with Crippen molar-refractivity contribution < 1.29 is 44.6 Å². The van der Waals surface area contributed by atoms with Gasteiger partial charge in [-0.2, -0.15) is 0 Å². The van der Waals surface area contributed by atoms with Gasteiger partial charge in [-0.25, -0.2) is 0 Å². The topological polar surface area (TPSA) is 60.4 Å². The SMILES string of the molecule is CCCCCCCCCCCCCCCCC(O)CCC(=O)[O-].[Na+]. The molecule has 0 aromatic rings. The number of aliphatic hydroxyl groups is 1. The van der Waals surface area contributed by atoms with Crippen molar-refractivity contribution in [3.8, 4) is 0 Å². The Kier molecular flexibility index (Phi) is 23.8. The summed E-state index contributed by atoms with van der Waals surface area (Å²) < 4.78 is 0. The summed E-state index contributed by atoms with van der Waals surface area (Å²) in [6.45, 7) is 2.26. The smallest absolute Gasteiger partial charge is 0.550 e. The fourth-order valence-corrected chi connectivity index (χ4v) is 3.00. The van der Waals surface area contributed by atoms with E-state index in [0.29, 0.717) is 6.42 Å². The van der Waals surface area contributed by atoms with E-state index in [1.165, 1.54) is 77.0 Å². The summed E-state index contributed by atoms with van der Waals surface area (Å²) in [6.07, 6.45) is 19.1. The van der Waals surface area contributed by atoms with Crippen LogP contribution in [0.2, 0.25) is 0 Å². The van der Waals surface area contributed by atoms with Crippen LogP contribution >= 0.6 is 0 Å². The Balaban J connectivity index is 0. The molecule has 0 rings (SSSR count). The minimum atomic E-state index is -1.06. The number of carbonyl (C=O) groups is 1. The number of aliphatic hydroxyl groups excluding tert-OH is 1. The van der Waals surface area contributed by atoms with Gasteiger partial charge in [0, 0.05) is 5.97 Å². The molecule has 0 radical (unpaired) electrons. The molecule has 1 atom stereocenters. The Labute approximate surface area is 172 Å². The second kappa shape index (κ2) is 21.5. The van der Waals surface area contributed by atoms with Gasteiger partial charge in [0.05, 0.1) is 6.10 Å². The van der Waals surface area contributed by atoms with Gasteiger partial charge in [-0.1, -0.05) is 96.8 Å². The molecular formula is C20H39NaO3. The van der Waals surface area contributed by atoms with E-state index in [1.54, 1.807) is 0 Å². The van der Waals surface area contributed by atoms with Gasteiger partial charge in [0.1, 0.15) is 0 Å². The maximum Gasteiger partial charge on any atom is 1.00 e. The number of unbranched alkanes of at least 4 members (excludes halogenated alkanes) is 13. The fourth-order valence-electron chi connectivity index (χ4n) is 3.00. The molecule has 0 amide bonds. The van der Waals surface area contributed by atoms with E-state index in [0.717, 1.165) is 19.3 Å². The number of carbonyl (C=O) groups excluding carboxylic acids is 1. The molecule has 0 fully saturated rings. The minimum absolute atomic E-state index is 0. The first-order valence-corrected chi connectivity index (χ1v) is 10.0. The van der Waals surface area contributed by atoms with E-state index in [1.807, 2.05) is 0 Å². The normalized spacial score (nSPS) is 11.9. The summed E-state index contributed by atoms with van der Waals surface area (Å²) >= 11 is 0. The van der Waals surface area contributed by atoms with Crippen molar-refractivity contribution in [2.24, 2.45) is 0 Å². The van der Waals surface area contributed by atoms with Crippen LogP contribution in [0.5, 0.6) is 0 Å². The van der Waals surface area contributed by atoms with Gasteiger partial charge in [-0.3, -0.25) is 0 Å². The Morgan fingerprint density at radius 1 is 0.750 bits per heavy atom. The molecule has 0 aromatic heterocycles. The maximum atomic E-state index is 10.3. The maximum absolute atomic E-state index is 10.3. The van der Waals surface area contributed by atoms with Gasteiger partial charge in [0.15, 0.2) is 0 Å². The van der Waals surface area contributed by atoms with Gasteiger partial charge < -0.3 is 15.0 Å². The number of carboxylic acid groups (broad SMARTS) is 1. The Bertz CT molecular complexity index is 259. The molecule has 24 heavy (non-hydrogen) atoms. The van der Waals surface area contributed by atoms with Gasteiger partial charge in [0.2, 0.25) is 0 Å². The van der Waals surface area contributed by atoms with Gasteiger partial charge in [0.25, 0.3) is 0 Å². The van der Waals surface area contributed by atoms with Crippen molar-refractivity contribution in [3.63, 3.8) is 0 Å². The third kappa shape index (κ3) is 22.4. The number of aliphatic carboxylic acids is 1. The molecule has 0 bridgehead atoms. The molecule has 0 aliphatic heterocycles. The molecule has 0 aliphatic rings. The van der Waals surface area contributed by atoms with Gasteiger partial charge >= 0.3 is 29.6 Å². The minimum Gasteiger partial charge on any atom is -0.550 e. The molecule has 0 saturated carbocycles. The summed E-state index contributed by atoms with van der Waals surface area (Å²) in [4.78, 5) is 10.3. The Morgan fingerprint density at radius 3 is 1.50 bits per heavy atom. The summed E-state index contributed by atoms with van der Waals surface area (Å²) in [5.41, 5.74) is 0. The molecule has 0 saturated heterocycles. The zero-order valence-corrected chi connectivity index (χ0v) is 18.4. The first-order valence-electron chi connectivity index (χ1n) is 10.0. The van der Waals surface area contributed by atoms with Crippen LogP contribution in [-0.2, 0) is 4.79 Å². The molecule has 1 unspecified atom stereocenters. The van der Waals surface area contributed by atoms with Crippen molar-refractivity contribution in [2.75, 3.05) is 0 Å². The summed E-state index contributed by atoms with van der Waals surface area (Å²) in [7, 11) is 0. The van der Waals surface area contributed by atoms with Crippen LogP contribution in [0.15, 0.2) is 0 Å². The van der Waals surface area contributed by atoms with E-state index >= 15 is 0 Å². The van der Waals surface area contributed by atoms with Crippen molar-refractivity contribution in [1.29, 1.82) is 0 Å². The molecule has 4 heteroatoms. The third-order valence-electron chi connectivity index (χ3n) is 4.57. The molecule has 0 spiro atoms. The van der Waals surface area contributed by atoms with E-state index in [4.69, 9.17) is 0 Å². The predicted molar refractivity (Wildman–Crippen MR) is 95.2 cm³/mol. The Morgan fingerprint density at radius 2 is 1.12 bits per heavy atom. The largest absolute Gasteiger partial charge is 1.00 e. The summed E-state index contributed by atoms with van der Waals surface area (Å²) in [5, 5.41) is 19.9. The van der Waals surface area contributed by atoms with Crippen LogP contribution in [-0.4, -0.2) is 17.2 Å². The standard InChI is InChI=1S/C20H40O3.Na/c1-2-3-4-5-6-7-8-9-10-11-12-13-14-15-16-19(21)17-18-20(22)23;/h19,21H,2-18H2,1H3,(H,22,23);/q;+1/p-1. The predicted octanol–water partition coefficient (Wildman–Crippen LogP) is 1.75. The summed E-state index contributed by atoms with van der Waals surface area (Å²) in [5.74, 6) is -1.06. The summed E-state index contributed by atoms with van der Waals surface area (Å²) in [6, 6.07) is 0. The van der Waals surface area contributed by atoms with Crippen LogP contribution in [0.1, 0.15) is 116 Å². The molecule has 3 nitrogen and oxygen atoms in total. The monoisotopic (exact) mass is 350 g/mol. The van der Waals surface area contributed by atoms with Crippen LogP contribution in [0.25, 0.3) is 0 Å². The molecular weight excluding hydrogens is 311 g/mol. The van der Waals surface area contributed by atoms with Crippen LogP contribution < -0.4 is 34.7 Å². The van der Waals surface area contributed by atoms with Gasteiger partial charge in [-0.05, 0) is 19.3 Å². The number of hydrogen-bond donors (Lipinski definition) is 1. The average Bonchev–Trinajstić information content (AvgIpc) is 2.53. The molecule has 0 heterocycles. The molecule has 138 valence electrons. The number of carboxylic acids is 1. The molecule has 0 aromatic carbocycles. The zero-order chi connectivity index (χ0) is 17.2. The molecule has 1 N–H and O–H groups in total. The Hall–Kier alpha value is 0.430. The average molecular weight is 351 g/mol. The van der Waals surface area contributed by atoms with E-state index < -0.39 is 12.1 Å². The van der Waals surface area contributed by atoms with E-state index in [2.05, 4.69) is 6.92 Å². The second-order valence-corrected chi connectivity index (χ2v) is 6.95. The zero-order valence-electron chi connectivity index (χ0n) is 16.4. The van der Waals surface area contributed by atoms with Crippen LogP contribution in [0.4, 0.5) is 0 Å². The molecule has 0 aliphatic carbocycles. The number of hydrogen-bond acceptors (Lipinski definition) is 3.